The maximum Gasteiger partial charge on any atom is 0.256 e. The molecule has 3 aromatic heterocycles. The Morgan fingerprint density at radius 3 is 2.47 bits per heavy atom. The number of anilines is 2. The summed E-state index contributed by atoms with van der Waals surface area (Å²) in [7, 11) is -4.13. The zero-order valence-electron chi connectivity index (χ0n) is 16.7. The van der Waals surface area contributed by atoms with Gasteiger partial charge in [0.15, 0.2) is 11.5 Å². The third-order valence-corrected chi connectivity index (χ3v) is 6.28. The van der Waals surface area contributed by atoms with Gasteiger partial charge in [0.05, 0.1) is 22.2 Å². The van der Waals surface area contributed by atoms with Crippen LogP contribution in [-0.4, -0.2) is 38.4 Å². The van der Waals surface area contributed by atoms with E-state index in [1.54, 1.807) is 12.3 Å². The smallest absolute Gasteiger partial charge is 0.256 e. The molecular formula is C21H16FN7O2S. The molecule has 0 radical (unpaired) electrons. The lowest BCUT2D eigenvalue weighted by atomic mass is 10.3. The van der Waals surface area contributed by atoms with Crippen LogP contribution in [0.3, 0.4) is 0 Å². The van der Waals surface area contributed by atoms with Crippen molar-refractivity contribution >= 4 is 32.5 Å². The molecule has 5 rings (SSSR count). The predicted octanol–water partition coefficient (Wildman–Crippen LogP) is 3.56. The number of aryl methyl sites for hydroxylation is 1. The van der Waals surface area contributed by atoms with Crippen molar-refractivity contribution in [2.24, 2.45) is 0 Å². The summed E-state index contributed by atoms with van der Waals surface area (Å²) in [5, 5.41) is 14.4. The molecule has 3 heterocycles. The quantitative estimate of drug-likeness (QED) is 0.311. The van der Waals surface area contributed by atoms with Crippen LogP contribution in [-0.2, 0) is 9.84 Å². The van der Waals surface area contributed by atoms with Crippen LogP contribution >= 0.6 is 0 Å². The number of nitrogens with one attached hydrogen (secondary N) is 2. The minimum Gasteiger partial charge on any atom is -0.323 e. The van der Waals surface area contributed by atoms with Gasteiger partial charge in [0, 0.05) is 11.8 Å². The number of rotatable bonds is 5. The van der Waals surface area contributed by atoms with Crippen molar-refractivity contribution in [3.05, 3.63) is 78.4 Å². The molecule has 160 valence electrons. The van der Waals surface area contributed by atoms with Crippen LogP contribution in [0.15, 0.2) is 76.9 Å². The van der Waals surface area contributed by atoms with Crippen molar-refractivity contribution in [2.75, 3.05) is 5.32 Å². The third-order valence-electron chi connectivity index (χ3n) is 4.73. The fraction of sp³-hybridized carbons (Fsp3) is 0.0476. The summed E-state index contributed by atoms with van der Waals surface area (Å²) in [6.45, 7) is 1.84. The van der Waals surface area contributed by atoms with Crippen molar-refractivity contribution < 1.29 is 12.8 Å². The number of aromatic amines is 1. The zero-order valence-corrected chi connectivity index (χ0v) is 17.5. The number of halogens is 1. The number of nitrogens with zero attached hydrogens (tertiary/aromatic N) is 5. The first-order chi connectivity index (χ1) is 15.4. The van der Waals surface area contributed by atoms with Crippen LogP contribution in [0.4, 0.5) is 16.0 Å². The lowest BCUT2D eigenvalue weighted by Gasteiger charge is -2.09. The van der Waals surface area contributed by atoms with Gasteiger partial charge in [0.2, 0.25) is 9.84 Å². The molecule has 2 aromatic carbocycles. The number of sulfone groups is 1. The van der Waals surface area contributed by atoms with Gasteiger partial charge in [-0.05, 0) is 43.3 Å². The van der Waals surface area contributed by atoms with Crippen molar-refractivity contribution in [1.29, 1.82) is 0 Å². The van der Waals surface area contributed by atoms with Crippen molar-refractivity contribution in [3.8, 4) is 5.69 Å². The molecule has 0 saturated heterocycles. The fourth-order valence-electron chi connectivity index (χ4n) is 3.18. The second kappa shape index (κ2) is 7.54. The molecule has 0 bridgehead atoms. The normalized spacial score (nSPS) is 11.7. The van der Waals surface area contributed by atoms with E-state index in [4.69, 9.17) is 0 Å². The summed E-state index contributed by atoms with van der Waals surface area (Å²) in [4.78, 5) is 8.48. The van der Waals surface area contributed by atoms with E-state index in [1.807, 2.05) is 37.3 Å². The van der Waals surface area contributed by atoms with E-state index >= 15 is 0 Å². The Morgan fingerprint density at radius 2 is 1.78 bits per heavy atom. The van der Waals surface area contributed by atoms with E-state index in [-0.39, 0.29) is 10.7 Å². The van der Waals surface area contributed by atoms with Gasteiger partial charge in [-0.3, -0.25) is 5.10 Å². The largest absolute Gasteiger partial charge is 0.323 e. The van der Waals surface area contributed by atoms with E-state index in [1.165, 1.54) is 16.8 Å². The average molecular weight is 449 g/mol. The van der Waals surface area contributed by atoms with Gasteiger partial charge >= 0.3 is 0 Å². The van der Waals surface area contributed by atoms with Crippen LogP contribution in [0.5, 0.6) is 0 Å². The number of para-hydroxylation sites is 1. The Hall–Kier alpha value is -4.12. The summed E-state index contributed by atoms with van der Waals surface area (Å²) < 4.78 is 41.3. The predicted molar refractivity (Wildman–Crippen MR) is 115 cm³/mol. The Kier molecular flexibility index (Phi) is 4.67. The second-order valence-electron chi connectivity index (χ2n) is 7.00. The Balaban J connectivity index is 1.73. The van der Waals surface area contributed by atoms with E-state index in [0.717, 1.165) is 17.8 Å². The lowest BCUT2D eigenvalue weighted by molar-refractivity contribution is 0.586. The minimum atomic E-state index is -4.13. The zero-order chi connectivity index (χ0) is 22.3. The van der Waals surface area contributed by atoms with Gasteiger partial charge in [-0.15, -0.1) is 0 Å². The minimum absolute atomic E-state index is 0.120. The highest BCUT2D eigenvalue weighted by Crippen LogP contribution is 2.28. The van der Waals surface area contributed by atoms with E-state index in [2.05, 4.69) is 30.6 Å². The maximum atomic E-state index is 13.3. The molecule has 0 fully saturated rings. The molecule has 0 atom stereocenters. The molecule has 0 saturated carbocycles. The number of aromatic nitrogens is 6. The molecule has 0 aliphatic heterocycles. The molecule has 0 aliphatic carbocycles. The van der Waals surface area contributed by atoms with Gasteiger partial charge in [0.1, 0.15) is 11.6 Å². The number of hydrogen-bond donors (Lipinski definition) is 2. The summed E-state index contributed by atoms with van der Waals surface area (Å²) in [5.74, 6) is 0.142. The van der Waals surface area contributed by atoms with Gasteiger partial charge in [0.25, 0.3) is 5.16 Å². The van der Waals surface area contributed by atoms with Crippen molar-refractivity contribution in [3.63, 3.8) is 0 Å². The Morgan fingerprint density at radius 1 is 1.03 bits per heavy atom. The average Bonchev–Trinajstić information content (AvgIpc) is 3.41. The first kappa shape index (κ1) is 19.8. The van der Waals surface area contributed by atoms with Crippen LogP contribution in [0.1, 0.15) is 5.69 Å². The van der Waals surface area contributed by atoms with Gasteiger partial charge in [-0.2, -0.15) is 20.2 Å². The molecule has 5 aromatic rings. The van der Waals surface area contributed by atoms with Crippen molar-refractivity contribution in [1.82, 2.24) is 29.9 Å². The fourth-order valence-corrected chi connectivity index (χ4v) is 4.31. The molecule has 11 heteroatoms. The third kappa shape index (κ3) is 3.48. The molecule has 0 amide bonds. The summed E-state index contributed by atoms with van der Waals surface area (Å²) in [6.07, 6.45) is 1.55. The topological polar surface area (TPSA) is 118 Å². The van der Waals surface area contributed by atoms with E-state index in [9.17, 15) is 12.8 Å². The number of hydrogen-bond acceptors (Lipinski definition) is 7. The van der Waals surface area contributed by atoms with Gasteiger partial charge in [-0.25, -0.2) is 17.5 Å². The standard InChI is InChI=1S/C21H16FN7O2S/c1-13-11-18(28-27-13)24-19-17-12-23-29(15-5-3-2-4-6-15)20(17)26-21(25-19)32(30,31)16-9-7-14(22)8-10-16/h2-12H,1H3,(H2,24,25,26,27,28). The molecule has 0 aliphatic rings. The first-order valence-electron chi connectivity index (χ1n) is 9.53. The number of fused-ring (bicyclic) bond motifs is 1. The molecular weight excluding hydrogens is 433 g/mol. The molecule has 0 spiro atoms. The lowest BCUT2D eigenvalue weighted by Crippen LogP contribution is -2.10. The Labute approximate surface area is 181 Å². The molecule has 9 nitrogen and oxygen atoms in total. The Bertz CT molecular complexity index is 1530. The molecule has 2 N–H and O–H groups in total. The maximum absolute atomic E-state index is 13.3. The molecule has 0 unspecified atom stereocenters. The van der Waals surface area contributed by atoms with Crippen LogP contribution in [0.2, 0.25) is 0 Å². The van der Waals surface area contributed by atoms with Crippen LogP contribution in [0.25, 0.3) is 16.7 Å². The van der Waals surface area contributed by atoms with E-state index in [0.29, 0.717) is 22.5 Å². The van der Waals surface area contributed by atoms with Crippen LogP contribution < -0.4 is 5.32 Å². The van der Waals surface area contributed by atoms with Crippen molar-refractivity contribution in [2.45, 2.75) is 17.0 Å². The summed E-state index contributed by atoms with van der Waals surface area (Å²) >= 11 is 0. The summed E-state index contributed by atoms with van der Waals surface area (Å²) in [5.41, 5.74) is 1.81. The van der Waals surface area contributed by atoms with Crippen LogP contribution in [0, 0.1) is 12.7 Å². The van der Waals surface area contributed by atoms with Gasteiger partial charge < -0.3 is 5.32 Å². The number of H-pyrrole nitrogens is 1. The van der Waals surface area contributed by atoms with Gasteiger partial charge in [-0.1, -0.05) is 18.2 Å². The highest BCUT2D eigenvalue weighted by atomic mass is 32.2. The summed E-state index contributed by atoms with van der Waals surface area (Å²) in [6, 6.07) is 15.5. The van der Waals surface area contributed by atoms with E-state index < -0.39 is 20.8 Å². The second-order valence-corrected chi connectivity index (χ2v) is 8.85. The monoisotopic (exact) mass is 449 g/mol. The number of benzene rings is 2. The highest BCUT2D eigenvalue weighted by Gasteiger charge is 2.25. The molecule has 32 heavy (non-hydrogen) atoms. The first-order valence-corrected chi connectivity index (χ1v) is 11.0. The highest BCUT2D eigenvalue weighted by molar-refractivity contribution is 7.91. The SMILES string of the molecule is Cc1cc(Nc2nc(S(=O)(=O)c3ccc(F)cc3)nc3c2cnn3-c2ccccc2)n[nH]1.